The smallest absolute Gasteiger partial charge is 0.326 e. The van der Waals surface area contributed by atoms with E-state index in [1.54, 1.807) is 48.5 Å². The quantitative estimate of drug-likeness (QED) is 0.425. The van der Waals surface area contributed by atoms with Crippen LogP contribution in [-0.4, -0.2) is 37.9 Å². The maximum atomic E-state index is 13.1. The fourth-order valence-corrected chi connectivity index (χ4v) is 3.19. The number of furan rings is 1. The Labute approximate surface area is 177 Å². The van der Waals surface area contributed by atoms with E-state index in [1.165, 1.54) is 17.0 Å². The highest BCUT2D eigenvalue weighted by Gasteiger charge is 2.25. The molecule has 8 heteroatoms. The molecular formula is C23H19N3O5. The van der Waals surface area contributed by atoms with Crippen molar-refractivity contribution in [2.45, 2.75) is 12.5 Å². The number of rotatable bonds is 7. The minimum atomic E-state index is -1.24. The lowest BCUT2D eigenvalue weighted by atomic mass is 10.0. The van der Waals surface area contributed by atoms with E-state index < -0.39 is 17.9 Å². The summed E-state index contributed by atoms with van der Waals surface area (Å²) in [5.41, 5.74) is 1.65. The first-order chi connectivity index (χ1) is 15.0. The van der Waals surface area contributed by atoms with Gasteiger partial charge in [-0.05, 0) is 35.9 Å². The number of carboxylic acid groups (broad SMARTS) is 1. The Morgan fingerprint density at radius 1 is 1.03 bits per heavy atom. The van der Waals surface area contributed by atoms with Gasteiger partial charge < -0.3 is 19.9 Å². The molecule has 3 N–H and O–H groups in total. The Bertz CT molecular complexity index is 1200. The predicted molar refractivity (Wildman–Crippen MR) is 112 cm³/mol. The molecule has 0 saturated carbocycles. The number of para-hydroxylation sites is 2. The van der Waals surface area contributed by atoms with Gasteiger partial charge in [-0.15, -0.1) is 0 Å². The van der Waals surface area contributed by atoms with Crippen molar-refractivity contribution in [1.29, 1.82) is 0 Å². The van der Waals surface area contributed by atoms with E-state index in [0.29, 0.717) is 22.7 Å². The zero-order chi connectivity index (χ0) is 21.8. The van der Waals surface area contributed by atoms with Crippen LogP contribution in [0.1, 0.15) is 16.1 Å². The number of aromatic nitrogens is 2. The number of aliphatic carboxylic acids is 1. The van der Waals surface area contributed by atoms with E-state index in [9.17, 15) is 19.8 Å². The molecule has 1 atom stereocenters. The van der Waals surface area contributed by atoms with Gasteiger partial charge in [0.25, 0.3) is 5.91 Å². The van der Waals surface area contributed by atoms with Crippen LogP contribution in [-0.2, 0) is 11.2 Å². The molecule has 0 aliphatic carbocycles. The molecule has 2 aromatic heterocycles. The third-order valence-corrected chi connectivity index (χ3v) is 4.74. The van der Waals surface area contributed by atoms with E-state index in [2.05, 4.69) is 10.4 Å². The van der Waals surface area contributed by atoms with Crippen molar-refractivity contribution >= 4 is 11.9 Å². The number of carboxylic acids is 1. The monoisotopic (exact) mass is 417 g/mol. The van der Waals surface area contributed by atoms with Crippen LogP contribution in [0.25, 0.3) is 17.1 Å². The summed E-state index contributed by atoms with van der Waals surface area (Å²) in [4.78, 5) is 24.9. The zero-order valence-corrected chi connectivity index (χ0v) is 16.3. The number of hydrogen-bond acceptors (Lipinski definition) is 5. The Balaban J connectivity index is 1.66. The van der Waals surface area contributed by atoms with Gasteiger partial charge in [0.15, 0.2) is 5.76 Å². The fourth-order valence-electron chi connectivity index (χ4n) is 3.19. The minimum Gasteiger partial charge on any atom is -0.508 e. The first kappa shape index (κ1) is 20.0. The van der Waals surface area contributed by atoms with Crippen molar-refractivity contribution in [3.05, 3.63) is 90.3 Å². The van der Waals surface area contributed by atoms with Crippen LogP contribution >= 0.6 is 0 Å². The first-order valence-corrected chi connectivity index (χ1v) is 9.53. The van der Waals surface area contributed by atoms with Gasteiger partial charge in [-0.2, -0.15) is 5.10 Å². The molecule has 1 unspecified atom stereocenters. The molecule has 31 heavy (non-hydrogen) atoms. The van der Waals surface area contributed by atoms with Gasteiger partial charge >= 0.3 is 5.97 Å². The zero-order valence-electron chi connectivity index (χ0n) is 16.3. The minimum absolute atomic E-state index is 0.0302. The van der Waals surface area contributed by atoms with E-state index in [0.717, 1.165) is 0 Å². The molecule has 0 spiro atoms. The number of amides is 1. The molecule has 8 nitrogen and oxygen atoms in total. The number of aromatic hydroxyl groups is 1. The van der Waals surface area contributed by atoms with Crippen molar-refractivity contribution < 1.29 is 24.2 Å². The molecule has 0 saturated heterocycles. The molecule has 0 fully saturated rings. The highest BCUT2D eigenvalue weighted by Crippen LogP contribution is 2.23. The van der Waals surface area contributed by atoms with Gasteiger partial charge in [0.2, 0.25) is 0 Å². The lowest BCUT2D eigenvalue weighted by molar-refractivity contribution is -0.139. The molecule has 0 aliphatic heterocycles. The van der Waals surface area contributed by atoms with Crippen molar-refractivity contribution in [2.24, 2.45) is 0 Å². The van der Waals surface area contributed by atoms with Crippen molar-refractivity contribution in [3.8, 4) is 22.9 Å². The van der Waals surface area contributed by atoms with Crippen molar-refractivity contribution in [1.82, 2.24) is 15.1 Å². The van der Waals surface area contributed by atoms with Crippen LogP contribution in [0.15, 0.2) is 83.5 Å². The van der Waals surface area contributed by atoms with Gasteiger partial charge in [-0.3, -0.25) is 4.79 Å². The summed E-state index contributed by atoms with van der Waals surface area (Å²) in [7, 11) is 0. The summed E-state index contributed by atoms with van der Waals surface area (Å²) in [5.74, 6) is -1.38. The second-order valence-electron chi connectivity index (χ2n) is 6.84. The molecule has 4 rings (SSSR count). The Kier molecular flexibility index (Phi) is 5.53. The van der Waals surface area contributed by atoms with E-state index in [-0.39, 0.29) is 17.9 Å². The normalized spacial score (nSPS) is 11.7. The molecule has 0 aliphatic rings. The average molecular weight is 417 g/mol. The number of benzene rings is 2. The van der Waals surface area contributed by atoms with Gasteiger partial charge in [0, 0.05) is 12.5 Å². The van der Waals surface area contributed by atoms with Crippen LogP contribution in [0.4, 0.5) is 0 Å². The Hall–Kier alpha value is -4.33. The summed E-state index contributed by atoms with van der Waals surface area (Å²) < 4.78 is 6.82. The topological polar surface area (TPSA) is 118 Å². The van der Waals surface area contributed by atoms with Gasteiger partial charge in [-0.25, -0.2) is 9.48 Å². The first-order valence-electron chi connectivity index (χ1n) is 9.53. The lowest BCUT2D eigenvalue weighted by Gasteiger charge is -2.16. The maximum Gasteiger partial charge on any atom is 0.326 e. The fraction of sp³-hybridized carbons (Fsp3) is 0.0870. The highest BCUT2D eigenvalue weighted by atomic mass is 16.4. The third kappa shape index (κ3) is 4.32. The second-order valence-corrected chi connectivity index (χ2v) is 6.84. The molecule has 0 bridgehead atoms. The third-order valence-electron chi connectivity index (χ3n) is 4.74. The number of phenolic OH excluding ortho intramolecular Hbond substituents is 1. The number of nitrogens with one attached hydrogen (secondary N) is 1. The Morgan fingerprint density at radius 3 is 2.45 bits per heavy atom. The number of carbonyl (C=O) groups excluding carboxylic acids is 1. The Morgan fingerprint density at radius 2 is 1.77 bits per heavy atom. The number of nitrogens with zero attached hydrogens (tertiary/aromatic N) is 2. The summed E-state index contributed by atoms with van der Waals surface area (Å²) in [6, 6.07) is 19.2. The molecule has 1 amide bonds. The maximum absolute atomic E-state index is 13.1. The number of carbonyl (C=O) groups is 2. The van der Waals surface area contributed by atoms with Crippen molar-refractivity contribution in [3.63, 3.8) is 0 Å². The standard InChI is InChI=1S/C23H19N3O5/c27-20-10-5-4-7-15(20)13-18(23(29)30)24-22(28)19-14-17(21-11-6-12-31-21)25-26(19)16-8-2-1-3-9-16/h1-12,14,18,27H,13H2,(H,24,28)(H,29,30). The van der Waals surface area contributed by atoms with Crippen molar-refractivity contribution in [2.75, 3.05) is 0 Å². The SMILES string of the molecule is O=C(NC(Cc1ccccc1O)C(=O)O)c1cc(-c2ccco2)nn1-c1ccccc1. The summed E-state index contributed by atoms with van der Waals surface area (Å²) in [6.07, 6.45) is 1.43. The van der Waals surface area contributed by atoms with Gasteiger partial charge in [0.05, 0.1) is 12.0 Å². The summed E-state index contributed by atoms with van der Waals surface area (Å²) in [5, 5.41) is 26.6. The molecule has 156 valence electrons. The largest absolute Gasteiger partial charge is 0.508 e. The summed E-state index contributed by atoms with van der Waals surface area (Å²) >= 11 is 0. The van der Waals surface area contributed by atoms with Crippen LogP contribution < -0.4 is 5.32 Å². The molecular weight excluding hydrogens is 398 g/mol. The lowest BCUT2D eigenvalue weighted by Crippen LogP contribution is -2.43. The summed E-state index contributed by atoms with van der Waals surface area (Å²) in [6.45, 7) is 0. The molecule has 0 radical (unpaired) electrons. The van der Waals surface area contributed by atoms with E-state index >= 15 is 0 Å². The molecule has 2 aromatic carbocycles. The number of phenols is 1. The molecule has 4 aromatic rings. The van der Waals surface area contributed by atoms with Gasteiger partial charge in [-0.1, -0.05) is 36.4 Å². The molecule has 2 heterocycles. The highest BCUT2D eigenvalue weighted by molar-refractivity contribution is 5.96. The predicted octanol–water partition coefficient (Wildman–Crippen LogP) is 3.26. The van der Waals surface area contributed by atoms with Crippen LogP contribution in [0.3, 0.4) is 0 Å². The number of hydrogen-bond donors (Lipinski definition) is 3. The van der Waals surface area contributed by atoms with Crippen LogP contribution in [0, 0.1) is 0 Å². The van der Waals surface area contributed by atoms with Crippen LogP contribution in [0.2, 0.25) is 0 Å². The van der Waals surface area contributed by atoms with E-state index in [1.807, 2.05) is 18.2 Å². The second kappa shape index (κ2) is 8.58. The van der Waals surface area contributed by atoms with Gasteiger partial charge in [0.1, 0.15) is 23.2 Å². The average Bonchev–Trinajstić information content (AvgIpc) is 3.45. The van der Waals surface area contributed by atoms with E-state index in [4.69, 9.17) is 4.42 Å². The van der Waals surface area contributed by atoms with Crippen LogP contribution in [0.5, 0.6) is 5.75 Å².